The van der Waals surface area contributed by atoms with E-state index in [9.17, 15) is 4.39 Å². The molecule has 3 aliphatic rings. The predicted octanol–water partition coefficient (Wildman–Crippen LogP) is 6.70. The van der Waals surface area contributed by atoms with Crippen LogP contribution in [0.1, 0.15) is 84.5 Å². The van der Waals surface area contributed by atoms with Gasteiger partial charge in [-0.05, 0) is 88.5 Å². The summed E-state index contributed by atoms with van der Waals surface area (Å²) in [4.78, 5) is 0. The fourth-order valence-electron chi connectivity index (χ4n) is 4.68. The third-order valence-corrected chi connectivity index (χ3v) is 6.54. The summed E-state index contributed by atoms with van der Waals surface area (Å²) in [5, 5.41) is 0. The maximum absolute atomic E-state index is 13.7. The monoisotopic (exact) mass is 320 g/mol. The summed E-state index contributed by atoms with van der Waals surface area (Å²) in [6, 6.07) is -0.288. The third kappa shape index (κ3) is 4.61. The van der Waals surface area contributed by atoms with Gasteiger partial charge in [-0.3, -0.25) is 0 Å². The summed E-state index contributed by atoms with van der Waals surface area (Å²) in [5.74, 6) is 2.43. The molecule has 2 unspecified atom stereocenters. The summed E-state index contributed by atoms with van der Waals surface area (Å²) in [5.41, 5.74) is 2.39. The summed E-state index contributed by atoms with van der Waals surface area (Å²) >= 11 is 0. The molecule has 1 heterocycles. The highest BCUT2D eigenvalue weighted by molar-refractivity contribution is 5.04. The van der Waals surface area contributed by atoms with Crippen molar-refractivity contribution in [1.82, 2.24) is 0 Å². The lowest BCUT2D eigenvalue weighted by Crippen LogP contribution is -2.30. The van der Waals surface area contributed by atoms with Crippen molar-refractivity contribution in [2.24, 2.45) is 17.8 Å². The molecule has 130 valence electrons. The lowest BCUT2D eigenvalue weighted by Gasteiger charge is -2.36. The number of allylic oxidation sites excluding steroid dienone is 3. The second-order valence-electron chi connectivity index (χ2n) is 8.30. The Morgan fingerprint density at radius 2 is 1.70 bits per heavy atom. The number of hydrogen-bond acceptors (Lipinski definition) is 1. The zero-order valence-electron chi connectivity index (χ0n) is 15.0. The highest BCUT2D eigenvalue weighted by Crippen LogP contribution is 2.39. The molecule has 0 aromatic rings. The first-order valence-electron chi connectivity index (χ1n) is 9.79. The van der Waals surface area contributed by atoms with Gasteiger partial charge in [0.1, 0.15) is 6.10 Å². The van der Waals surface area contributed by atoms with Crippen LogP contribution < -0.4 is 0 Å². The molecule has 0 amide bonds. The Morgan fingerprint density at radius 3 is 2.35 bits per heavy atom. The molecule has 1 nitrogen and oxygen atoms in total. The molecule has 3 rings (SSSR count). The van der Waals surface area contributed by atoms with E-state index >= 15 is 0 Å². The molecule has 2 aliphatic carbocycles. The first kappa shape index (κ1) is 17.0. The van der Waals surface area contributed by atoms with Gasteiger partial charge in [-0.25, -0.2) is 0 Å². The maximum Gasteiger partial charge on any atom is 0.271 e. The summed E-state index contributed by atoms with van der Waals surface area (Å²) in [7, 11) is 0. The summed E-state index contributed by atoms with van der Waals surface area (Å²) in [6.07, 6.45) is 16.5. The van der Waals surface area contributed by atoms with Crippen LogP contribution in [0.15, 0.2) is 23.2 Å². The largest absolute Gasteiger partial charge is 0.467 e. The highest BCUT2D eigenvalue weighted by Gasteiger charge is 2.31. The van der Waals surface area contributed by atoms with Crippen molar-refractivity contribution < 1.29 is 9.13 Å². The van der Waals surface area contributed by atoms with Crippen LogP contribution >= 0.6 is 0 Å². The van der Waals surface area contributed by atoms with Gasteiger partial charge in [0.05, 0.1) is 0 Å². The van der Waals surface area contributed by atoms with E-state index in [0.717, 1.165) is 30.3 Å². The minimum Gasteiger partial charge on any atom is -0.467 e. The number of hydrogen-bond donors (Lipinski definition) is 0. The molecule has 0 saturated heterocycles. The molecule has 2 heteroatoms. The highest BCUT2D eigenvalue weighted by atomic mass is 19.1. The first-order valence-corrected chi connectivity index (χ1v) is 9.79. The van der Waals surface area contributed by atoms with Crippen molar-refractivity contribution in [3.8, 4) is 0 Å². The van der Waals surface area contributed by atoms with Crippen LogP contribution in [0, 0.1) is 17.8 Å². The summed E-state index contributed by atoms with van der Waals surface area (Å²) < 4.78 is 19.2. The Kier molecular flexibility index (Phi) is 5.82. The van der Waals surface area contributed by atoms with Crippen molar-refractivity contribution in [3.05, 3.63) is 23.2 Å². The van der Waals surface area contributed by atoms with Crippen molar-refractivity contribution in [3.63, 3.8) is 0 Å². The standard InChI is InChI=1S/C21H33FO/c1-15-3-6-17(7-4-15)8-9-18-10-12-19(13-11-18)20-14-5-16(2)21(22)23-20/h3,17-20H,4-14H2,1-2H3. The normalized spacial score (nSPS) is 35.7. The molecule has 23 heavy (non-hydrogen) atoms. The zero-order chi connectivity index (χ0) is 16.2. The topological polar surface area (TPSA) is 9.23 Å². The minimum atomic E-state index is -0.288. The Labute approximate surface area is 141 Å². The lowest BCUT2D eigenvalue weighted by atomic mass is 9.75. The van der Waals surface area contributed by atoms with Crippen molar-refractivity contribution in [1.29, 1.82) is 0 Å². The third-order valence-electron chi connectivity index (χ3n) is 6.54. The number of rotatable bonds is 4. The molecule has 1 fully saturated rings. The van der Waals surface area contributed by atoms with Crippen LogP contribution in [0.25, 0.3) is 0 Å². The Bertz CT molecular complexity index is 456. The Balaban J connectivity index is 1.37. The van der Waals surface area contributed by atoms with E-state index < -0.39 is 0 Å². The van der Waals surface area contributed by atoms with Gasteiger partial charge in [-0.1, -0.05) is 30.9 Å². The van der Waals surface area contributed by atoms with E-state index in [1.807, 2.05) is 6.92 Å². The van der Waals surface area contributed by atoms with Gasteiger partial charge >= 0.3 is 0 Å². The van der Waals surface area contributed by atoms with Crippen LogP contribution in [0.5, 0.6) is 0 Å². The fraction of sp³-hybridized carbons (Fsp3) is 0.810. The van der Waals surface area contributed by atoms with Crippen LogP contribution in [0.3, 0.4) is 0 Å². The molecular weight excluding hydrogens is 287 g/mol. The average Bonchev–Trinajstić information content (AvgIpc) is 2.57. The van der Waals surface area contributed by atoms with E-state index in [4.69, 9.17) is 4.74 Å². The Hall–Kier alpha value is -0.790. The van der Waals surface area contributed by atoms with E-state index in [1.54, 1.807) is 5.57 Å². The molecule has 1 aliphatic heterocycles. The van der Waals surface area contributed by atoms with Gasteiger partial charge in [-0.15, -0.1) is 0 Å². The number of halogens is 1. The van der Waals surface area contributed by atoms with Crippen molar-refractivity contribution in [2.75, 3.05) is 0 Å². The SMILES string of the molecule is CC1=CCC(CCC2CCC(C3CCC(C)=C(F)O3)CC2)CC1. The lowest BCUT2D eigenvalue weighted by molar-refractivity contribution is -0.00965. The maximum atomic E-state index is 13.7. The zero-order valence-corrected chi connectivity index (χ0v) is 15.0. The molecule has 0 spiro atoms. The fourth-order valence-corrected chi connectivity index (χ4v) is 4.68. The molecule has 1 saturated carbocycles. The van der Waals surface area contributed by atoms with Gasteiger partial charge in [0, 0.05) is 0 Å². The first-order chi connectivity index (χ1) is 11.1. The van der Waals surface area contributed by atoms with Gasteiger partial charge in [-0.2, -0.15) is 4.39 Å². The second-order valence-corrected chi connectivity index (χ2v) is 8.30. The van der Waals surface area contributed by atoms with E-state index in [0.29, 0.717) is 5.92 Å². The smallest absolute Gasteiger partial charge is 0.271 e. The average molecular weight is 320 g/mol. The predicted molar refractivity (Wildman–Crippen MR) is 93.7 cm³/mol. The van der Waals surface area contributed by atoms with E-state index in [1.165, 1.54) is 57.8 Å². The molecule has 0 aromatic heterocycles. The van der Waals surface area contributed by atoms with Crippen molar-refractivity contribution >= 4 is 0 Å². The van der Waals surface area contributed by atoms with Gasteiger partial charge in [0.15, 0.2) is 0 Å². The van der Waals surface area contributed by atoms with Gasteiger partial charge in [0.25, 0.3) is 6.01 Å². The van der Waals surface area contributed by atoms with Crippen LogP contribution in [-0.4, -0.2) is 6.10 Å². The van der Waals surface area contributed by atoms with E-state index in [2.05, 4.69) is 13.0 Å². The minimum absolute atomic E-state index is 0.145. The second kappa shape index (κ2) is 7.85. The molecule has 2 atom stereocenters. The Morgan fingerprint density at radius 1 is 0.957 bits per heavy atom. The molecule has 0 aromatic carbocycles. The van der Waals surface area contributed by atoms with Crippen LogP contribution in [0.2, 0.25) is 0 Å². The molecule has 0 N–H and O–H groups in total. The van der Waals surface area contributed by atoms with E-state index in [-0.39, 0.29) is 12.1 Å². The quantitative estimate of drug-likeness (QED) is 0.524. The molecule has 0 radical (unpaired) electrons. The molecular formula is C21H33FO. The van der Waals surface area contributed by atoms with Crippen LogP contribution in [0.4, 0.5) is 4.39 Å². The number of ether oxygens (including phenoxy) is 1. The van der Waals surface area contributed by atoms with Crippen LogP contribution in [-0.2, 0) is 4.74 Å². The summed E-state index contributed by atoms with van der Waals surface area (Å²) in [6.45, 7) is 4.12. The van der Waals surface area contributed by atoms with Gasteiger partial charge in [0.2, 0.25) is 0 Å². The van der Waals surface area contributed by atoms with Gasteiger partial charge < -0.3 is 4.74 Å². The van der Waals surface area contributed by atoms with Crippen molar-refractivity contribution in [2.45, 2.75) is 90.6 Å². The molecule has 0 bridgehead atoms.